The molecule has 2 saturated heterocycles. The van der Waals surface area contributed by atoms with E-state index in [1.165, 1.54) is 0 Å². The number of fused-ring (bicyclic) bond motifs is 1. The minimum absolute atomic E-state index is 0.0170. The van der Waals surface area contributed by atoms with E-state index in [4.69, 9.17) is 0 Å². The highest BCUT2D eigenvalue weighted by Gasteiger charge is 2.55. The largest absolute Gasteiger partial charge is 0.370 e. The molecule has 156 valence electrons. The molecule has 3 aromatic rings. The third-order valence-corrected chi connectivity index (χ3v) is 8.14. The van der Waals surface area contributed by atoms with Gasteiger partial charge in [-0.1, -0.05) is 25.1 Å². The predicted molar refractivity (Wildman–Crippen MR) is 115 cm³/mol. The SMILES string of the molecule is CCc1nn2ccccc2c1C(=O)NCc1ccc(N2CC3(C2)CS(=O)(=O)C3)cc1. The predicted octanol–water partition coefficient (Wildman–Crippen LogP) is 2.06. The zero-order valence-corrected chi connectivity index (χ0v) is 17.7. The fraction of sp³-hybridized carbons (Fsp3) is 0.364. The number of aromatic nitrogens is 2. The molecule has 2 aliphatic heterocycles. The van der Waals surface area contributed by atoms with E-state index in [0.717, 1.165) is 35.6 Å². The van der Waals surface area contributed by atoms with Gasteiger partial charge in [0.15, 0.2) is 9.84 Å². The molecule has 0 atom stereocenters. The first-order chi connectivity index (χ1) is 14.4. The standard InChI is InChI=1S/C22H24N4O3S/c1-2-18-20(19-5-3-4-10-26(19)24-18)21(27)23-11-16-6-8-17(9-7-16)25-12-22(13-25)14-30(28,29)15-22/h3-10H,2,11-15H2,1H3,(H,23,27). The van der Waals surface area contributed by atoms with Gasteiger partial charge in [-0.3, -0.25) is 4.79 Å². The van der Waals surface area contributed by atoms with Crippen LogP contribution in [0.1, 0.15) is 28.5 Å². The number of carbonyl (C=O) groups excluding carboxylic acids is 1. The van der Waals surface area contributed by atoms with E-state index in [-0.39, 0.29) is 11.3 Å². The molecular formula is C22H24N4O3S. The van der Waals surface area contributed by atoms with Crippen molar-refractivity contribution >= 4 is 26.9 Å². The number of carbonyl (C=O) groups is 1. The van der Waals surface area contributed by atoms with E-state index in [0.29, 0.717) is 30.0 Å². The van der Waals surface area contributed by atoms with Crippen LogP contribution in [-0.4, -0.2) is 48.5 Å². The fourth-order valence-electron chi connectivity index (χ4n) is 4.66. The van der Waals surface area contributed by atoms with Crippen LogP contribution in [0.25, 0.3) is 5.52 Å². The van der Waals surface area contributed by atoms with Crippen molar-refractivity contribution in [3.63, 3.8) is 0 Å². The molecule has 2 aliphatic rings. The summed E-state index contributed by atoms with van der Waals surface area (Å²) < 4.78 is 24.6. The van der Waals surface area contributed by atoms with Gasteiger partial charge < -0.3 is 10.2 Å². The van der Waals surface area contributed by atoms with E-state index in [1.807, 2.05) is 55.6 Å². The maximum absolute atomic E-state index is 12.8. The summed E-state index contributed by atoms with van der Waals surface area (Å²) in [5.74, 6) is 0.529. The number of amides is 1. The number of nitrogens with zero attached hydrogens (tertiary/aromatic N) is 3. The molecular weight excluding hydrogens is 400 g/mol. The van der Waals surface area contributed by atoms with Crippen LogP contribution in [0, 0.1) is 5.41 Å². The average molecular weight is 425 g/mol. The molecule has 0 radical (unpaired) electrons. The Morgan fingerprint density at radius 1 is 1.13 bits per heavy atom. The lowest BCUT2D eigenvalue weighted by atomic mass is 9.82. The Bertz CT molecular complexity index is 1210. The molecule has 8 heteroatoms. The highest BCUT2D eigenvalue weighted by atomic mass is 32.2. The molecule has 0 aliphatic carbocycles. The summed E-state index contributed by atoms with van der Waals surface area (Å²) in [6, 6.07) is 13.8. The summed E-state index contributed by atoms with van der Waals surface area (Å²) in [4.78, 5) is 15.1. The molecule has 4 heterocycles. The van der Waals surface area contributed by atoms with Gasteiger partial charge in [-0.2, -0.15) is 5.10 Å². The first kappa shape index (κ1) is 19.1. The molecule has 0 bridgehead atoms. The van der Waals surface area contributed by atoms with E-state index in [9.17, 15) is 13.2 Å². The number of rotatable bonds is 5. The van der Waals surface area contributed by atoms with Crippen molar-refractivity contribution in [2.45, 2.75) is 19.9 Å². The van der Waals surface area contributed by atoms with Crippen LogP contribution in [0.3, 0.4) is 0 Å². The average Bonchev–Trinajstić information content (AvgIpc) is 3.07. The Kier molecular flexibility index (Phi) is 4.36. The minimum Gasteiger partial charge on any atom is -0.370 e. The van der Waals surface area contributed by atoms with E-state index < -0.39 is 9.84 Å². The normalized spacial score (nSPS) is 18.8. The second-order valence-electron chi connectivity index (χ2n) is 8.44. The first-order valence-electron chi connectivity index (χ1n) is 10.2. The molecule has 5 rings (SSSR count). The highest BCUT2D eigenvalue weighted by Crippen LogP contribution is 2.43. The van der Waals surface area contributed by atoms with Crippen LogP contribution in [0.5, 0.6) is 0 Å². The maximum atomic E-state index is 12.8. The van der Waals surface area contributed by atoms with Crippen molar-refractivity contribution in [3.05, 3.63) is 65.5 Å². The number of nitrogens with one attached hydrogen (secondary N) is 1. The second-order valence-corrected chi connectivity index (χ2v) is 10.5. The molecule has 1 spiro atoms. The molecule has 2 fully saturated rings. The van der Waals surface area contributed by atoms with Crippen molar-refractivity contribution < 1.29 is 13.2 Å². The third kappa shape index (κ3) is 3.25. The van der Waals surface area contributed by atoms with Crippen molar-refractivity contribution in [1.82, 2.24) is 14.9 Å². The van der Waals surface area contributed by atoms with Crippen LogP contribution in [0.15, 0.2) is 48.7 Å². The van der Waals surface area contributed by atoms with Gasteiger partial charge in [-0.15, -0.1) is 0 Å². The van der Waals surface area contributed by atoms with Crippen molar-refractivity contribution in [2.75, 3.05) is 29.5 Å². The topological polar surface area (TPSA) is 83.8 Å². The number of sulfone groups is 1. The number of anilines is 1. The van der Waals surface area contributed by atoms with E-state index in [2.05, 4.69) is 15.3 Å². The molecule has 1 amide bonds. The molecule has 0 unspecified atom stereocenters. The van der Waals surface area contributed by atoms with Gasteiger partial charge in [0.2, 0.25) is 0 Å². The molecule has 1 aromatic carbocycles. The Hall–Kier alpha value is -2.87. The Morgan fingerprint density at radius 2 is 1.87 bits per heavy atom. The van der Waals surface area contributed by atoms with Crippen LogP contribution in [0.2, 0.25) is 0 Å². The number of aryl methyl sites for hydroxylation is 1. The van der Waals surface area contributed by atoms with Crippen LogP contribution in [-0.2, 0) is 22.8 Å². The van der Waals surface area contributed by atoms with Gasteiger partial charge in [0.05, 0.1) is 28.3 Å². The number of hydrogen-bond acceptors (Lipinski definition) is 5. The molecule has 30 heavy (non-hydrogen) atoms. The lowest BCUT2D eigenvalue weighted by molar-refractivity contribution is 0.0951. The number of pyridine rings is 1. The summed E-state index contributed by atoms with van der Waals surface area (Å²) >= 11 is 0. The van der Waals surface area contributed by atoms with Gasteiger partial charge >= 0.3 is 0 Å². The molecule has 0 saturated carbocycles. The van der Waals surface area contributed by atoms with Crippen LogP contribution >= 0.6 is 0 Å². The number of hydrogen-bond donors (Lipinski definition) is 1. The highest BCUT2D eigenvalue weighted by molar-refractivity contribution is 7.92. The summed E-state index contributed by atoms with van der Waals surface area (Å²) in [6.07, 6.45) is 2.54. The Balaban J connectivity index is 1.22. The monoisotopic (exact) mass is 424 g/mol. The maximum Gasteiger partial charge on any atom is 0.255 e. The van der Waals surface area contributed by atoms with Crippen LogP contribution < -0.4 is 10.2 Å². The minimum atomic E-state index is -2.79. The van der Waals surface area contributed by atoms with Gasteiger partial charge in [-0.25, -0.2) is 12.9 Å². The van der Waals surface area contributed by atoms with E-state index in [1.54, 1.807) is 4.52 Å². The van der Waals surface area contributed by atoms with Crippen molar-refractivity contribution in [2.24, 2.45) is 5.41 Å². The zero-order valence-electron chi connectivity index (χ0n) is 16.8. The number of benzene rings is 1. The Morgan fingerprint density at radius 3 is 2.53 bits per heavy atom. The fourth-order valence-corrected chi connectivity index (χ4v) is 6.80. The summed E-state index contributed by atoms with van der Waals surface area (Å²) in [5.41, 5.74) is 4.33. The van der Waals surface area contributed by atoms with Crippen molar-refractivity contribution in [3.8, 4) is 0 Å². The Labute approximate surface area is 175 Å². The summed E-state index contributed by atoms with van der Waals surface area (Å²) in [6.45, 7) is 4.04. The zero-order chi connectivity index (χ0) is 20.9. The lowest BCUT2D eigenvalue weighted by Gasteiger charge is -2.55. The molecule has 2 aromatic heterocycles. The van der Waals surface area contributed by atoms with E-state index >= 15 is 0 Å². The van der Waals surface area contributed by atoms with Crippen molar-refractivity contribution in [1.29, 1.82) is 0 Å². The van der Waals surface area contributed by atoms with Gasteiger partial charge in [0.1, 0.15) is 0 Å². The van der Waals surface area contributed by atoms with Gasteiger partial charge in [0.25, 0.3) is 5.91 Å². The summed E-state index contributed by atoms with van der Waals surface area (Å²) in [5, 5.41) is 7.51. The second kappa shape index (κ2) is 6.84. The quantitative estimate of drug-likeness (QED) is 0.678. The van der Waals surface area contributed by atoms with Gasteiger partial charge in [-0.05, 0) is 36.2 Å². The lowest BCUT2D eigenvalue weighted by Crippen LogP contribution is -2.68. The molecule has 1 N–H and O–H groups in total. The molecule has 7 nitrogen and oxygen atoms in total. The smallest absolute Gasteiger partial charge is 0.255 e. The first-order valence-corrected chi connectivity index (χ1v) is 12.0. The summed E-state index contributed by atoms with van der Waals surface area (Å²) in [7, 11) is -2.79. The third-order valence-electron chi connectivity index (χ3n) is 6.03. The van der Waals surface area contributed by atoms with Crippen LogP contribution in [0.4, 0.5) is 5.69 Å². The van der Waals surface area contributed by atoms with Gasteiger partial charge in [0, 0.05) is 36.9 Å².